The number of nitrogens with zero attached hydrogens (tertiary/aromatic N) is 2. The lowest BCUT2D eigenvalue weighted by atomic mass is 9.97. The number of aromatic amines is 1. The van der Waals surface area contributed by atoms with Crippen LogP contribution < -0.4 is 5.56 Å². The standard InChI is InChI=1S/C28H25N3O2S2/c1-16-11-12-17(2)22(13-16)31-27(33)25-19-8-4-6-10-24(19)35-26(25)30-28(31)34-15-23(32)20-14-29-21-9-5-3-7-18(20)21/h3,5,7,9,11-14,29H,4,6,8,10,15H2,1-2H3. The highest BCUT2D eigenvalue weighted by Gasteiger charge is 2.24. The smallest absolute Gasteiger partial charge is 0.267 e. The van der Waals surface area contributed by atoms with Crippen molar-refractivity contribution in [3.8, 4) is 5.69 Å². The van der Waals surface area contributed by atoms with E-state index in [0.29, 0.717) is 10.7 Å². The number of H-pyrrole nitrogens is 1. The van der Waals surface area contributed by atoms with Crippen molar-refractivity contribution < 1.29 is 4.79 Å². The molecule has 5 aromatic rings. The first-order valence-corrected chi connectivity index (χ1v) is 13.7. The van der Waals surface area contributed by atoms with Crippen molar-refractivity contribution in [2.45, 2.75) is 44.7 Å². The lowest BCUT2D eigenvalue weighted by Crippen LogP contribution is -2.23. The molecule has 176 valence electrons. The number of hydrogen-bond donors (Lipinski definition) is 1. The van der Waals surface area contributed by atoms with Crippen LogP contribution in [-0.2, 0) is 12.8 Å². The van der Waals surface area contributed by atoms with Gasteiger partial charge in [0.2, 0.25) is 0 Å². The Kier molecular flexibility index (Phi) is 5.61. The average molecular weight is 500 g/mol. The van der Waals surface area contributed by atoms with Crippen LogP contribution in [-0.4, -0.2) is 26.1 Å². The predicted octanol–water partition coefficient (Wildman–Crippen LogP) is 6.40. The molecule has 0 bridgehead atoms. The van der Waals surface area contributed by atoms with Crippen LogP contribution in [0.5, 0.6) is 0 Å². The lowest BCUT2D eigenvalue weighted by Gasteiger charge is -2.15. The normalized spacial score (nSPS) is 13.4. The van der Waals surface area contributed by atoms with E-state index in [0.717, 1.165) is 63.6 Å². The van der Waals surface area contributed by atoms with Gasteiger partial charge >= 0.3 is 0 Å². The molecule has 7 heteroatoms. The highest BCUT2D eigenvalue weighted by atomic mass is 32.2. The molecular weight excluding hydrogens is 474 g/mol. The van der Waals surface area contributed by atoms with Gasteiger partial charge in [-0.1, -0.05) is 42.1 Å². The van der Waals surface area contributed by atoms with E-state index in [1.54, 1.807) is 22.1 Å². The van der Waals surface area contributed by atoms with Gasteiger partial charge < -0.3 is 4.98 Å². The molecule has 0 saturated heterocycles. The Morgan fingerprint density at radius 3 is 2.86 bits per heavy atom. The number of nitrogens with one attached hydrogen (secondary N) is 1. The van der Waals surface area contributed by atoms with Gasteiger partial charge in [0.05, 0.1) is 16.8 Å². The third kappa shape index (κ3) is 3.83. The van der Waals surface area contributed by atoms with E-state index in [4.69, 9.17) is 4.98 Å². The van der Waals surface area contributed by atoms with Crippen LogP contribution in [0.25, 0.3) is 26.8 Å². The van der Waals surface area contributed by atoms with Crippen molar-refractivity contribution in [1.82, 2.24) is 14.5 Å². The molecule has 3 heterocycles. The number of hydrogen-bond acceptors (Lipinski definition) is 5. The Morgan fingerprint density at radius 2 is 1.97 bits per heavy atom. The van der Waals surface area contributed by atoms with Gasteiger partial charge in [-0.15, -0.1) is 11.3 Å². The van der Waals surface area contributed by atoms with Crippen molar-refractivity contribution >= 4 is 50.0 Å². The Labute approximate surface area is 211 Å². The Morgan fingerprint density at radius 1 is 1.14 bits per heavy atom. The van der Waals surface area contributed by atoms with Crippen LogP contribution in [0.1, 0.15) is 44.8 Å². The molecule has 0 aliphatic heterocycles. The van der Waals surface area contributed by atoms with Crippen LogP contribution in [0.3, 0.4) is 0 Å². The van der Waals surface area contributed by atoms with E-state index in [1.807, 2.05) is 50.2 Å². The number of ketones is 1. The molecule has 0 fully saturated rings. The summed E-state index contributed by atoms with van der Waals surface area (Å²) in [6.07, 6.45) is 5.99. The molecule has 3 aromatic heterocycles. The fraction of sp³-hybridized carbons (Fsp3) is 0.250. The van der Waals surface area contributed by atoms with E-state index in [1.165, 1.54) is 22.2 Å². The molecule has 6 rings (SSSR count). The topological polar surface area (TPSA) is 67.8 Å². The van der Waals surface area contributed by atoms with Gasteiger partial charge in [0.25, 0.3) is 5.56 Å². The number of thioether (sulfide) groups is 1. The zero-order valence-electron chi connectivity index (χ0n) is 19.7. The summed E-state index contributed by atoms with van der Waals surface area (Å²) in [5.74, 6) is 0.218. The van der Waals surface area contributed by atoms with E-state index >= 15 is 0 Å². The third-order valence-electron chi connectivity index (χ3n) is 6.79. The van der Waals surface area contributed by atoms with Gasteiger partial charge in [-0.05, 0) is 68.4 Å². The van der Waals surface area contributed by atoms with Gasteiger partial charge in [0.15, 0.2) is 10.9 Å². The van der Waals surface area contributed by atoms with Crippen molar-refractivity contribution in [1.29, 1.82) is 0 Å². The Hall–Kier alpha value is -3.16. The molecule has 0 saturated carbocycles. The molecule has 0 atom stereocenters. The van der Waals surface area contributed by atoms with Crippen LogP contribution >= 0.6 is 23.1 Å². The number of benzene rings is 2. The van der Waals surface area contributed by atoms with Crippen molar-refractivity contribution in [2.24, 2.45) is 0 Å². The SMILES string of the molecule is Cc1ccc(C)c(-n2c(SCC(=O)c3c[nH]c4ccccc34)nc3sc4c(c3c2=O)CCCC4)c1. The number of para-hydroxylation sites is 1. The molecule has 0 spiro atoms. The summed E-state index contributed by atoms with van der Waals surface area (Å²) < 4.78 is 1.74. The van der Waals surface area contributed by atoms with Crippen molar-refractivity contribution in [3.63, 3.8) is 0 Å². The summed E-state index contributed by atoms with van der Waals surface area (Å²) in [6.45, 7) is 4.04. The third-order valence-corrected chi connectivity index (χ3v) is 8.91. The van der Waals surface area contributed by atoms with Crippen LogP contribution in [0.15, 0.2) is 58.6 Å². The minimum Gasteiger partial charge on any atom is -0.360 e. The first-order chi connectivity index (χ1) is 17.0. The number of rotatable bonds is 5. The maximum atomic E-state index is 14.0. The summed E-state index contributed by atoms with van der Waals surface area (Å²) in [5.41, 5.74) is 5.69. The second-order valence-electron chi connectivity index (χ2n) is 9.18. The number of aryl methyl sites for hydroxylation is 4. The maximum Gasteiger partial charge on any atom is 0.267 e. The van der Waals surface area contributed by atoms with Gasteiger partial charge in [-0.25, -0.2) is 4.98 Å². The molecule has 1 N–H and O–H groups in total. The quantitative estimate of drug-likeness (QED) is 0.173. The fourth-order valence-electron chi connectivity index (χ4n) is 4.97. The predicted molar refractivity (Wildman–Crippen MR) is 145 cm³/mol. The second kappa shape index (κ2) is 8.81. The second-order valence-corrected chi connectivity index (χ2v) is 11.2. The van der Waals surface area contributed by atoms with Crippen LogP contribution in [0.4, 0.5) is 0 Å². The number of fused-ring (bicyclic) bond motifs is 4. The summed E-state index contributed by atoms with van der Waals surface area (Å²) in [7, 11) is 0. The fourth-order valence-corrected chi connectivity index (χ4v) is 7.16. The first kappa shape index (κ1) is 22.3. The highest BCUT2D eigenvalue weighted by molar-refractivity contribution is 7.99. The Bertz CT molecular complexity index is 1680. The van der Waals surface area contributed by atoms with Crippen LogP contribution in [0.2, 0.25) is 0 Å². The molecule has 1 aliphatic carbocycles. The van der Waals surface area contributed by atoms with E-state index < -0.39 is 0 Å². The zero-order chi connectivity index (χ0) is 24.1. The van der Waals surface area contributed by atoms with Gasteiger partial charge in [0.1, 0.15) is 4.83 Å². The largest absolute Gasteiger partial charge is 0.360 e. The number of Topliss-reactive ketones (excluding diaryl/α,β-unsaturated/α-hetero) is 1. The number of carbonyl (C=O) groups excluding carboxylic acids is 1. The summed E-state index contributed by atoms with van der Waals surface area (Å²) in [6, 6.07) is 13.9. The van der Waals surface area contributed by atoms with E-state index in [-0.39, 0.29) is 17.1 Å². The number of carbonyl (C=O) groups is 1. The van der Waals surface area contributed by atoms with Crippen molar-refractivity contribution in [3.05, 3.63) is 86.1 Å². The summed E-state index contributed by atoms with van der Waals surface area (Å²) in [4.78, 5) is 37.5. The summed E-state index contributed by atoms with van der Waals surface area (Å²) in [5, 5.41) is 2.25. The maximum absolute atomic E-state index is 14.0. The average Bonchev–Trinajstić information content (AvgIpc) is 3.46. The van der Waals surface area contributed by atoms with Gasteiger partial charge in [-0.2, -0.15) is 0 Å². The summed E-state index contributed by atoms with van der Waals surface area (Å²) >= 11 is 2.99. The molecule has 2 aromatic carbocycles. The minimum atomic E-state index is -0.0230. The monoisotopic (exact) mass is 499 g/mol. The number of aromatic nitrogens is 3. The van der Waals surface area contributed by atoms with Gasteiger partial charge in [-0.3, -0.25) is 14.2 Å². The van der Waals surface area contributed by atoms with Gasteiger partial charge in [0, 0.05) is 27.5 Å². The molecule has 0 amide bonds. The zero-order valence-corrected chi connectivity index (χ0v) is 21.3. The van der Waals surface area contributed by atoms with Crippen molar-refractivity contribution in [2.75, 3.05) is 5.75 Å². The van der Waals surface area contributed by atoms with Crippen LogP contribution in [0, 0.1) is 13.8 Å². The molecule has 0 unspecified atom stereocenters. The molecular formula is C28H25N3O2S2. The minimum absolute atomic E-state index is 0.0137. The molecule has 5 nitrogen and oxygen atoms in total. The van der Waals surface area contributed by atoms with E-state index in [2.05, 4.69) is 11.1 Å². The highest BCUT2D eigenvalue weighted by Crippen LogP contribution is 2.35. The number of thiophene rings is 1. The lowest BCUT2D eigenvalue weighted by molar-refractivity contribution is 0.102. The first-order valence-electron chi connectivity index (χ1n) is 11.9. The van der Waals surface area contributed by atoms with E-state index in [9.17, 15) is 9.59 Å². The molecule has 0 radical (unpaired) electrons. The Balaban J connectivity index is 1.47. The molecule has 35 heavy (non-hydrogen) atoms. The molecule has 1 aliphatic rings.